The molecule has 0 amide bonds. The molecule has 1 fully saturated rings. The Labute approximate surface area is 196 Å². The molecule has 1 heterocycles. The molecular weight excluding hydrogens is 471 g/mol. The number of aromatic nitrogens is 2. The van der Waals surface area contributed by atoms with Crippen LogP contribution < -0.4 is 10.3 Å². The molecule has 1 saturated carbocycles. The van der Waals surface area contributed by atoms with Gasteiger partial charge in [-0.3, -0.25) is 9.36 Å². The van der Waals surface area contributed by atoms with Crippen LogP contribution in [0, 0.1) is 18.7 Å². The van der Waals surface area contributed by atoms with Crippen molar-refractivity contribution in [3.8, 4) is 17.1 Å². The van der Waals surface area contributed by atoms with Crippen LogP contribution in [-0.2, 0) is 13.2 Å². The van der Waals surface area contributed by atoms with E-state index in [1.165, 1.54) is 38.2 Å². The normalized spacial score (nSPS) is 14.5. The van der Waals surface area contributed by atoms with Gasteiger partial charge in [-0.15, -0.1) is 0 Å². The molecule has 0 saturated heterocycles. The molecule has 0 bridgehead atoms. The van der Waals surface area contributed by atoms with Gasteiger partial charge < -0.3 is 4.74 Å². The van der Waals surface area contributed by atoms with E-state index in [1.807, 2.05) is 30.3 Å². The van der Waals surface area contributed by atoms with Gasteiger partial charge in [0.15, 0.2) is 11.6 Å². The summed E-state index contributed by atoms with van der Waals surface area (Å²) < 4.78 is 22.9. The highest BCUT2D eigenvalue weighted by Crippen LogP contribution is 2.33. The first-order valence-electron chi connectivity index (χ1n) is 11.3. The summed E-state index contributed by atoms with van der Waals surface area (Å²) in [6, 6.07) is 14.4. The highest BCUT2D eigenvalue weighted by atomic mass is 79.9. The lowest BCUT2D eigenvalue weighted by molar-refractivity contribution is 0.291. The quantitative estimate of drug-likeness (QED) is 0.365. The molecule has 32 heavy (non-hydrogen) atoms. The minimum atomic E-state index is -0.466. The topological polar surface area (TPSA) is 44.1 Å². The van der Waals surface area contributed by atoms with E-state index >= 15 is 0 Å². The summed E-state index contributed by atoms with van der Waals surface area (Å²) in [5.41, 5.74) is 1.88. The number of para-hydroxylation sites is 1. The van der Waals surface area contributed by atoms with E-state index in [4.69, 9.17) is 9.72 Å². The average molecular weight is 499 g/mol. The van der Waals surface area contributed by atoms with Gasteiger partial charge in [-0.05, 0) is 52.9 Å². The summed E-state index contributed by atoms with van der Waals surface area (Å²) in [7, 11) is 0. The van der Waals surface area contributed by atoms with Crippen molar-refractivity contribution in [3.05, 3.63) is 80.4 Å². The first-order valence-corrected chi connectivity index (χ1v) is 12.1. The van der Waals surface area contributed by atoms with Crippen LogP contribution in [0.15, 0.2) is 57.8 Å². The SMILES string of the molecule is Cc1nc(-c2cccc(F)c2OCc2ccccc2)n(CCC2CCCCC2)c(=O)c1Br. The minimum Gasteiger partial charge on any atom is -0.485 e. The van der Waals surface area contributed by atoms with Gasteiger partial charge in [-0.25, -0.2) is 9.37 Å². The molecule has 0 atom stereocenters. The van der Waals surface area contributed by atoms with Gasteiger partial charge in [0.05, 0.1) is 11.3 Å². The number of hydrogen-bond donors (Lipinski definition) is 0. The second kappa shape index (κ2) is 10.4. The third-order valence-electron chi connectivity index (χ3n) is 6.20. The molecule has 3 aromatic rings. The van der Waals surface area contributed by atoms with Crippen LogP contribution in [-0.4, -0.2) is 9.55 Å². The maximum atomic E-state index is 14.9. The lowest BCUT2D eigenvalue weighted by atomic mass is 9.87. The van der Waals surface area contributed by atoms with Crippen LogP contribution in [0.5, 0.6) is 5.75 Å². The zero-order valence-electron chi connectivity index (χ0n) is 18.3. The highest BCUT2D eigenvalue weighted by Gasteiger charge is 2.21. The molecule has 0 spiro atoms. The summed E-state index contributed by atoms with van der Waals surface area (Å²) in [5, 5.41) is 0. The zero-order valence-corrected chi connectivity index (χ0v) is 19.9. The molecule has 0 unspecified atom stereocenters. The van der Waals surface area contributed by atoms with E-state index in [9.17, 15) is 9.18 Å². The molecule has 0 radical (unpaired) electrons. The first-order chi connectivity index (χ1) is 15.5. The van der Waals surface area contributed by atoms with Gasteiger partial charge in [-0.1, -0.05) is 68.5 Å². The highest BCUT2D eigenvalue weighted by molar-refractivity contribution is 9.10. The molecule has 1 aliphatic carbocycles. The van der Waals surface area contributed by atoms with Crippen molar-refractivity contribution in [2.24, 2.45) is 5.92 Å². The Morgan fingerprint density at radius 1 is 1.09 bits per heavy atom. The van der Waals surface area contributed by atoms with E-state index in [-0.39, 0.29) is 17.9 Å². The standard InChI is InChI=1S/C26H28BrFN2O2/c1-18-23(27)26(31)30(16-15-19-9-4-2-5-10-19)25(29-18)21-13-8-14-22(28)24(21)32-17-20-11-6-3-7-12-20/h3,6-8,11-14,19H,2,4-5,9-10,15-17H2,1H3. The monoisotopic (exact) mass is 498 g/mol. The van der Waals surface area contributed by atoms with Crippen molar-refractivity contribution in [1.29, 1.82) is 0 Å². The Kier molecular flexibility index (Phi) is 7.40. The molecule has 2 aromatic carbocycles. The fourth-order valence-corrected chi connectivity index (χ4v) is 4.70. The average Bonchev–Trinajstić information content (AvgIpc) is 2.82. The van der Waals surface area contributed by atoms with E-state index in [2.05, 4.69) is 15.9 Å². The van der Waals surface area contributed by atoms with Crippen LogP contribution in [0.1, 0.15) is 49.8 Å². The van der Waals surface area contributed by atoms with E-state index in [0.29, 0.717) is 34.0 Å². The number of nitrogens with zero attached hydrogens (tertiary/aromatic N) is 2. The predicted molar refractivity (Wildman–Crippen MR) is 128 cm³/mol. The lowest BCUT2D eigenvalue weighted by Crippen LogP contribution is -2.26. The third kappa shape index (κ3) is 5.12. The third-order valence-corrected chi connectivity index (χ3v) is 7.11. The van der Waals surface area contributed by atoms with Gasteiger partial charge in [0.2, 0.25) is 0 Å². The fourth-order valence-electron chi connectivity index (χ4n) is 4.40. The van der Waals surface area contributed by atoms with E-state index in [0.717, 1.165) is 12.0 Å². The Morgan fingerprint density at radius 3 is 2.59 bits per heavy atom. The summed E-state index contributed by atoms with van der Waals surface area (Å²) >= 11 is 3.40. The zero-order chi connectivity index (χ0) is 22.5. The maximum absolute atomic E-state index is 14.9. The minimum absolute atomic E-state index is 0.122. The van der Waals surface area contributed by atoms with Crippen molar-refractivity contribution in [2.75, 3.05) is 0 Å². The number of hydrogen-bond acceptors (Lipinski definition) is 3. The van der Waals surface area contributed by atoms with Gasteiger partial charge in [0.25, 0.3) is 5.56 Å². The summed E-state index contributed by atoms with van der Waals surface area (Å²) in [6.07, 6.45) is 7.13. The smallest absolute Gasteiger partial charge is 0.268 e. The lowest BCUT2D eigenvalue weighted by Gasteiger charge is -2.23. The van der Waals surface area contributed by atoms with Crippen LogP contribution in [0.25, 0.3) is 11.4 Å². The number of aryl methyl sites for hydroxylation is 1. The summed E-state index contributed by atoms with van der Waals surface area (Å²) in [4.78, 5) is 17.9. The molecule has 1 aromatic heterocycles. The molecule has 0 N–H and O–H groups in total. The summed E-state index contributed by atoms with van der Waals surface area (Å²) in [6.45, 7) is 2.57. The Hall–Kier alpha value is -2.47. The Morgan fingerprint density at radius 2 is 1.84 bits per heavy atom. The predicted octanol–water partition coefficient (Wildman–Crippen LogP) is 6.67. The second-order valence-electron chi connectivity index (χ2n) is 8.48. The molecule has 4 rings (SSSR count). The van der Waals surface area contributed by atoms with Crippen LogP contribution in [0.4, 0.5) is 4.39 Å². The maximum Gasteiger partial charge on any atom is 0.268 e. The second-order valence-corrected chi connectivity index (χ2v) is 9.27. The Balaban J connectivity index is 1.70. The number of rotatable bonds is 7. The van der Waals surface area contributed by atoms with Gasteiger partial charge in [-0.2, -0.15) is 0 Å². The van der Waals surface area contributed by atoms with Crippen molar-refractivity contribution in [2.45, 2.75) is 58.6 Å². The van der Waals surface area contributed by atoms with Crippen LogP contribution in [0.3, 0.4) is 0 Å². The molecule has 1 aliphatic rings. The van der Waals surface area contributed by atoms with Gasteiger partial charge >= 0.3 is 0 Å². The fraction of sp³-hybridized carbons (Fsp3) is 0.385. The Bertz CT molecular complexity index is 1120. The van der Waals surface area contributed by atoms with E-state index < -0.39 is 5.82 Å². The van der Waals surface area contributed by atoms with Crippen LogP contribution in [0.2, 0.25) is 0 Å². The number of ether oxygens (including phenoxy) is 1. The van der Waals surface area contributed by atoms with Gasteiger partial charge in [0.1, 0.15) is 16.9 Å². The molecule has 4 nitrogen and oxygen atoms in total. The van der Waals surface area contributed by atoms with Gasteiger partial charge in [0, 0.05) is 6.54 Å². The molecular formula is C26H28BrFN2O2. The van der Waals surface area contributed by atoms with Crippen LogP contribution >= 0.6 is 15.9 Å². The molecule has 168 valence electrons. The largest absolute Gasteiger partial charge is 0.485 e. The van der Waals surface area contributed by atoms with E-state index in [1.54, 1.807) is 23.6 Å². The van der Waals surface area contributed by atoms with Crippen molar-refractivity contribution < 1.29 is 9.13 Å². The number of halogens is 2. The van der Waals surface area contributed by atoms with Crippen molar-refractivity contribution >= 4 is 15.9 Å². The summed E-state index contributed by atoms with van der Waals surface area (Å²) in [5.74, 6) is 0.724. The van der Waals surface area contributed by atoms with Crippen molar-refractivity contribution in [1.82, 2.24) is 9.55 Å². The molecule has 6 heteroatoms. The van der Waals surface area contributed by atoms with Crippen molar-refractivity contribution in [3.63, 3.8) is 0 Å². The number of benzene rings is 2. The molecule has 0 aliphatic heterocycles. The first kappa shape index (κ1) is 22.7.